The summed E-state index contributed by atoms with van der Waals surface area (Å²) in [4.78, 5) is 14.7. The number of hydrogen-bond acceptors (Lipinski definition) is 4. The van der Waals surface area contributed by atoms with E-state index in [-0.39, 0.29) is 11.3 Å². The highest BCUT2D eigenvalue weighted by Gasteiger charge is 2.34. The lowest BCUT2D eigenvalue weighted by Crippen LogP contribution is -2.27. The van der Waals surface area contributed by atoms with Crippen LogP contribution in [0.5, 0.6) is 0 Å². The standard InChI is InChI=1S/C25H26N2O3S2/c1-16-6-5-7-22(14-16)27-23(28)15-31-25(27)20-8-10-21(11-9-20)26-32(29,30)24-18(3)12-17(2)13-19(24)4/h5-14,25-26H,15H2,1-4H3/t25-/m1/s1. The van der Waals surface area contributed by atoms with Gasteiger partial charge in [-0.1, -0.05) is 42.0 Å². The highest BCUT2D eigenvalue weighted by atomic mass is 32.2. The van der Waals surface area contributed by atoms with E-state index in [4.69, 9.17) is 0 Å². The van der Waals surface area contributed by atoms with Crippen molar-refractivity contribution in [2.24, 2.45) is 0 Å². The molecule has 0 aliphatic carbocycles. The number of benzene rings is 3. The van der Waals surface area contributed by atoms with Crippen molar-refractivity contribution in [3.63, 3.8) is 0 Å². The van der Waals surface area contributed by atoms with Crippen molar-refractivity contribution in [2.75, 3.05) is 15.4 Å². The lowest BCUT2D eigenvalue weighted by molar-refractivity contribution is -0.115. The number of nitrogens with one attached hydrogen (secondary N) is 1. The Balaban J connectivity index is 1.59. The van der Waals surface area contributed by atoms with Crippen LogP contribution < -0.4 is 9.62 Å². The molecule has 0 radical (unpaired) electrons. The molecule has 166 valence electrons. The van der Waals surface area contributed by atoms with Crippen molar-refractivity contribution in [2.45, 2.75) is 38.0 Å². The second-order valence-electron chi connectivity index (χ2n) is 8.22. The van der Waals surface area contributed by atoms with Gasteiger partial charge in [-0.3, -0.25) is 14.4 Å². The molecule has 32 heavy (non-hydrogen) atoms. The number of anilines is 2. The maximum atomic E-state index is 13.0. The number of carbonyl (C=O) groups excluding carboxylic acids is 1. The molecule has 1 saturated heterocycles. The zero-order valence-corrected chi connectivity index (χ0v) is 20.2. The maximum absolute atomic E-state index is 13.0. The first-order valence-corrected chi connectivity index (χ1v) is 12.9. The second-order valence-corrected chi connectivity index (χ2v) is 10.9. The molecule has 1 N–H and O–H groups in total. The smallest absolute Gasteiger partial charge is 0.262 e. The summed E-state index contributed by atoms with van der Waals surface area (Å²) in [5.74, 6) is 0.486. The van der Waals surface area contributed by atoms with E-state index in [0.717, 1.165) is 33.5 Å². The highest BCUT2D eigenvalue weighted by molar-refractivity contribution is 8.00. The first-order chi connectivity index (χ1) is 15.2. The van der Waals surface area contributed by atoms with Crippen molar-refractivity contribution in [3.05, 3.63) is 88.5 Å². The Labute approximate surface area is 193 Å². The van der Waals surface area contributed by atoms with E-state index in [1.54, 1.807) is 23.9 Å². The van der Waals surface area contributed by atoms with Gasteiger partial charge in [0.05, 0.1) is 10.6 Å². The lowest BCUT2D eigenvalue weighted by Gasteiger charge is -2.25. The molecule has 1 atom stereocenters. The van der Waals surface area contributed by atoms with Gasteiger partial charge in [-0.25, -0.2) is 8.42 Å². The molecule has 4 rings (SSSR count). The third-order valence-corrected chi connectivity index (χ3v) is 8.37. The first kappa shape index (κ1) is 22.4. The predicted molar refractivity (Wildman–Crippen MR) is 132 cm³/mol. The van der Waals surface area contributed by atoms with Crippen LogP contribution in [0.3, 0.4) is 0 Å². The van der Waals surface area contributed by atoms with E-state index in [0.29, 0.717) is 16.3 Å². The van der Waals surface area contributed by atoms with Gasteiger partial charge >= 0.3 is 0 Å². The third kappa shape index (κ3) is 4.40. The Morgan fingerprint density at radius 2 is 1.56 bits per heavy atom. The van der Waals surface area contributed by atoms with Crippen molar-refractivity contribution in [3.8, 4) is 0 Å². The van der Waals surface area contributed by atoms with Crippen LogP contribution in [0.4, 0.5) is 11.4 Å². The van der Waals surface area contributed by atoms with E-state index in [1.165, 1.54) is 0 Å². The van der Waals surface area contributed by atoms with Gasteiger partial charge in [0.15, 0.2) is 0 Å². The van der Waals surface area contributed by atoms with Crippen LogP contribution in [0.15, 0.2) is 65.6 Å². The summed E-state index contributed by atoms with van der Waals surface area (Å²) in [6, 6.07) is 18.9. The Bertz CT molecular complexity index is 1260. The monoisotopic (exact) mass is 466 g/mol. The molecule has 1 aliphatic heterocycles. The normalized spacial score (nSPS) is 16.4. The number of nitrogens with zero attached hydrogens (tertiary/aromatic N) is 1. The highest BCUT2D eigenvalue weighted by Crippen LogP contribution is 2.42. The second kappa shape index (κ2) is 8.64. The Hall–Kier alpha value is -2.77. The van der Waals surface area contributed by atoms with E-state index in [9.17, 15) is 13.2 Å². The van der Waals surface area contributed by atoms with Gasteiger partial charge in [0.2, 0.25) is 5.91 Å². The number of carbonyl (C=O) groups is 1. The molecule has 0 spiro atoms. The molecule has 3 aromatic rings. The molecular formula is C25H26N2O3S2. The minimum Gasteiger partial charge on any atom is -0.295 e. The predicted octanol–water partition coefficient (Wildman–Crippen LogP) is 5.50. The molecule has 3 aromatic carbocycles. The lowest BCUT2D eigenvalue weighted by atomic mass is 10.1. The van der Waals surface area contributed by atoms with Crippen LogP contribution in [-0.4, -0.2) is 20.1 Å². The largest absolute Gasteiger partial charge is 0.295 e. The molecule has 0 saturated carbocycles. The average molecular weight is 467 g/mol. The molecule has 0 unspecified atom stereocenters. The maximum Gasteiger partial charge on any atom is 0.262 e. The van der Waals surface area contributed by atoms with E-state index < -0.39 is 10.0 Å². The molecule has 7 heteroatoms. The Morgan fingerprint density at radius 1 is 0.906 bits per heavy atom. The van der Waals surface area contributed by atoms with Gasteiger partial charge in [0, 0.05) is 11.4 Å². The van der Waals surface area contributed by atoms with Crippen molar-refractivity contribution in [1.29, 1.82) is 0 Å². The summed E-state index contributed by atoms with van der Waals surface area (Å²) in [6.45, 7) is 7.58. The third-order valence-electron chi connectivity index (χ3n) is 5.47. The van der Waals surface area contributed by atoms with Crippen LogP contribution >= 0.6 is 11.8 Å². The molecule has 1 heterocycles. The van der Waals surface area contributed by atoms with Crippen molar-refractivity contribution >= 4 is 39.1 Å². The van der Waals surface area contributed by atoms with Gasteiger partial charge in [0.25, 0.3) is 10.0 Å². The van der Waals surface area contributed by atoms with Crippen LogP contribution in [0.2, 0.25) is 0 Å². The van der Waals surface area contributed by atoms with Crippen LogP contribution in [0, 0.1) is 27.7 Å². The first-order valence-electron chi connectivity index (χ1n) is 10.4. The summed E-state index contributed by atoms with van der Waals surface area (Å²) >= 11 is 1.57. The number of aryl methyl sites for hydroxylation is 4. The van der Waals surface area contributed by atoms with Gasteiger partial charge < -0.3 is 0 Å². The van der Waals surface area contributed by atoms with Crippen LogP contribution in [0.25, 0.3) is 0 Å². The molecule has 1 aliphatic rings. The number of amides is 1. The number of thioether (sulfide) groups is 1. The summed E-state index contributed by atoms with van der Waals surface area (Å²) in [5, 5.41) is -0.142. The van der Waals surface area contributed by atoms with Crippen molar-refractivity contribution < 1.29 is 13.2 Å². The molecule has 0 aromatic heterocycles. The van der Waals surface area contributed by atoms with Crippen LogP contribution in [-0.2, 0) is 14.8 Å². The van der Waals surface area contributed by atoms with E-state index in [2.05, 4.69) is 4.72 Å². The summed E-state index contributed by atoms with van der Waals surface area (Å²) in [5.41, 5.74) is 5.89. The topological polar surface area (TPSA) is 66.5 Å². The summed E-state index contributed by atoms with van der Waals surface area (Å²) < 4.78 is 28.8. The molecule has 0 bridgehead atoms. The number of hydrogen-bond donors (Lipinski definition) is 1. The fraction of sp³-hybridized carbons (Fsp3) is 0.240. The molecular weight excluding hydrogens is 440 g/mol. The average Bonchev–Trinajstić information content (AvgIpc) is 3.08. The molecule has 1 amide bonds. The van der Waals surface area contributed by atoms with Crippen LogP contribution in [0.1, 0.15) is 33.2 Å². The SMILES string of the molecule is Cc1cccc(N2C(=O)CS[C@@H]2c2ccc(NS(=O)(=O)c3c(C)cc(C)cc3C)cc2)c1. The van der Waals surface area contributed by atoms with Gasteiger partial charge in [-0.2, -0.15) is 0 Å². The van der Waals surface area contributed by atoms with Crippen molar-refractivity contribution in [1.82, 2.24) is 0 Å². The Kier molecular flexibility index (Phi) is 6.05. The fourth-order valence-electron chi connectivity index (χ4n) is 4.24. The molecule has 5 nitrogen and oxygen atoms in total. The molecule has 1 fully saturated rings. The minimum atomic E-state index is -3.71. The zero-order chi connectivity index (χ0) is 23.0. The minimum absolute atomic E-state index is 0.0701. The van der Waals surface area contributed by atoms with E-state index in [1.807, 2.05) is 81.1 Å². The number of sulfonamides is 1. The van der Waals surface area contributed by atoms with Gasteiger partial charge in [-0.05, 0) is 74.2 Å². The quantitative estimate of drug-likeness (QED) is 0.539. The van der Waals surface area contributed by atoms with Gasteiger partial charge in [-0.15, -0.1) is 11.8 Å². The fourth-order valence-corrected chi connectivity index (χ4v) is 6.93. The summed E-state index contributed by atoms with van der Waals surface area (Å²) in [7, 11) is -3.71. The Morgan fingerprint density at radius 3 is 2.19 bits per heavy atom. The van der Waals surface area contributed by atoms with E-state index >= 15 is 0 Å². The zero-order valence-electron chi connectivity index (χ0n) is 18.5. The summed E-state index contributed by atoms with van der Waals surface area (Å²) in [6.07, 6.45) is 0. The number of rotatable bonds is 5. The van der Waals surface area contributed by atoms with Gasteiger partial charge in [0.1, 0.15) is 5.37 Å².